The second-order valence-corrected chi connectivity index (χ2v) is 8.73. The molecule has 2 aromatic rings. The van der Waals surface area contributed by atoms with E-state index in [2.05, 4.69) is 59.1 Å². The van der Waals surface area contributed by atoms with Crippen LogP contribution >= 0.6 is 22.7 Å². The molecular formula is C16H21BO2S2. The molecule has 0 N–H and O–H groups in total. The highest BCUT2D eigenvalue weighted by Gasteiger charge is 2.52. The van der Waals surface area contributed by atoms with Gasteiger partial charge in [-0.3, -0.25) is 0 Å². The number of aryl methyl sites for hydroxylation is 2. The summed E-state index contributed by atoms with van der Waals surface area (Å²) >= 11 is 3.59. The largest absolute Gasteiger partial charge is 0.505 e. The van der Waals surface area contributed by atoms with Gasteiger partial charge in [0.1, 0.15) is 0 Å². The van der Waals surface area contributed by atoms with Crippen LogP contribution in [0.5, 0.6) is 0 Å². The lowest BCUT2D eigenvalue weighted by molar-refractivity contribution is 0.00578. The van der Waals surface area contributed by atoms with E-state index in [0.29, 0.717) is 0 Å². The van der Waals surface area contributed by atoms with Crippen molar-refractivity contribution in [2.45, 2.75) is 52.7 Å². The first-order chi connectivity index (χ1) is 9.69. The quantitative estimate of drug-likeness (QED) is 0.764. The zero-order valence-corrected chi connectivity index (χ0v) is 15.1. The normalized spacial score (nSPS) is 20.2. The Morgan fingerprint density at radius 1 is 1.00 bits per heavy atom. The predicted octanol–water partition coefficient (Wildman–Crippen LogP) is 4.39. The fraction of sp³-hybridized carbons (Fsp3) is 0.500. The first kappa shape index (κ1) is 15.3. The Kier molecular flexibility index (Phi) is 3.60. The topological polar surface area (TPSA) is 18.5 Å². The van der Waals surface area contributed by atoms with Crippen LogP contribution in [0.25, 0.3) is 9.75 Å². The minimum absolute atomic E-state index is 0.256. The summed E-state index contributed by atoms with van der Waals surface area (Å²) in [6.07, 6.45) is 0. The molecule has 1 aliphatic rings. The van der Waals surface area contributed by atoms with Gasteiger partial charge in [-0.2, -0.15) is 0 Å². The van der Waals surface area contributed by atoms with Crippen LogP contribution in [-0.4, -0.2) is 18.3 Å². The molecule has 1 aliphatic heterocycles. The molecule has 5 heteroatoms. The second-order valence-electron chi connectivity index (χ2n) is 6.74. The summed E-state index contributed by atoms with van der Waals surface area (Å²) in [4.78, 5) is 2.66. The minimum atomic E-state index is -0.282. The van der Waals surface area contributed by atoms with E-state index < -0.39 is 0 Å². The van der Waals surface area contributed by atoms with Gasteiger partial charge in [-0.25, -0.2) is 0 Å². The molecule has 0 radical (unpaired) electrons. The summed E-state index contributed by atoms with van der Waals surface area (Å²) in [7, 11) is -0.256. The third-order valence-corrected chi connectivity index (χ3v) is 6.86. The molecule has 0 spiro atoms. The molecule has 3 heterocycles. The van der Waals surface area contributed by atoms with Crippen LogP contribution in [0.4, 0.5) is 0 Å². The van der Waals surface area contributed by atoms with Crippen molar-refractivity contribution in [1.29, 1.82) is 0 Å². The van der Waals surface area contributed by atoms with Gasteiger partial charge in [0, 0.05) is 14.5 Å². The van der Waals surface area contributed by atoms with Gasteiger partial charge >= 0.3 is 7.12 Å². The maximum Gasteiger partial charge on any atom is 0.505 e. The third kappa shape index (κ3) is 2.61. The lowest BCUT2D eigenvalue weighted by Gasteiger charge is -2.32. The molecule has 1 saturated heterocycles. The molecule has 112 valence electrons. The average molecular weight is 320 g/mol. The molecule has 1 fully saturated rings. The van der Waals surface area contributed by atoms with Gasteiger partial charge in [0.15, 0.2) is 0 Å². The van der Waals surface area contributed by atoms with Crippen molar-refractivity contribution < 1.29 is 9.31 Å². The Morgan fingerprint density at radius 2 is 1.62 bits per heavy atom. The molecule has 2 nitrogen and oxygen atoms in total. The lowest BCUT2D eigenvalue weighted by Crippen LogP contribution is -2.41. The smallest absolute Gasteiger partial charge is 0.399 e. The highest BCUT2D eigenvalue weighted by molar-refractivity contribution is 7.28. The second kappa shape index (κ2) is 4.95. The Morgan fingerprint density at radius 3 is 2.14 bits per heavy atom. The first-order valence-corrected chi connectivity index (χ1v) is 8.91. The van der Waals surface area contributed by atoms with E-state index in [1.807, 2.05) is 0 Å². The fourth-order valence-electron chi connectivity index (χ4n) is 2.38. The van der Waals surface area contributed by atoms with Crippen molar-refractivity contribution >= 4 is 34.6 Å². The average Bonchev–Trinajstić information content (AvgIpc) is 2.98. The monoisotopic (exact) mass is 320 g/mol. The molecule has 3 rings (SSSR count). The molecular weight excluding hydrogens is 299 g/mol. The van der Waals surface area contributed by atoms with Gasteiger partial charge in [0.25, 0.3) is 0 Å². The first-order valence-electron chi connectivity index (χ1n) is 7.21. The van der Waals surface area contributed by atoms with Gasteiger partial charge in [-0.05, 0) is 70.2 Å². The summed E-state index contributed by atoms with van der Waals surface area (Å²) in [6.45, 7) is 12.7. The molecule has 0 amide bonds. The van der Waals surface area contributed by atoms with E-state index in [1.165, 1.54) is 20.9 Å². The lowest BCUT2D eigenvalue weighted by atomic mass is 9.87. The van der Waals surface area contributed by atoms with Crippen molar-refractivity contribution in [2.75, 3.05) is 0 Å². The van der Waals surface area contributed by atoms with Crippen molar-refractivity contribution in [3.63, 3.8) is 0 Å². The van der Waals surface area contributed by atoms with Crippen LogP contribution in [0.15, 0.2) is 17.5 Å². The van der Waals surface area contributed by atoms with Crippen LogP contribution in [0.1, 0.15) is 38.8 Å². The maximum absolute atomic E-state index is 6.15. The highest BCUT2D eigenvalue weighted by Crippen LogP contribution is 2.39. The van der Waals surface area contributed by atoms with Crippen LogP contribution in [0, 0.1) is 13.8 Å². The van der Waals surface area contributed by atoms with Gasteiger partial charge in [-0.1, -0.05) is 0 Å². The Hall–Kier alpha value is -0.615. The van der Waals surface area contributed by atoms with Crippen LogP contribution in [0.3, 0.4) is 0 Å². The summed E-state index contributed by atoms with van der Waals surface area (Å²) in [6, 6.07) is 4.45. The van der Waals surface area contributed by atoms with E-state index in [4.69, 9.17) is 9.31 Å². The highest BCUT2D eigenvalue weighted by atomic mass is 32.1. The standard InChI is InChI=1S/C16H21BO2S2/c1-10-7-12(20-9-10)14-11(2)8-13(21-14)17-18-15(3,4)16(5,6)19-17/h7-9H,1-6H3. The Balaban J connectivity index is 1.92. The van der Waals surface area contributed by atoms with E-state index in [-0.39, 0.29) is 18.3 Å². The van der Waals surface area contributed by atoms with Crippen LogP contribution in [0.2, 0.25) is 0 Å². The summed E-state index contributed by atoms with van der Waals surface area (Å²) in [5.41, 5.74) is 2.05. The van der Waals surface area contributed by atoms with Gasteiger partial charge in [0.2, 0.25) is 0 Å². The molecule has 0 saturated carbocycles. The summed E-state index contributed by atoms with van der Waals surface area (Å²) in [5.74, 6) is 0. The Bertz CT molecular complexity index is 654. The third-order valence-electron chi connectivity index (χ3n) is 4.38. The molecule has 0 bridgehead atoms. The molecule has 2 aromatic heterocycles. The van der Waals surface area contributed by atoms with Crippen molar-refractivity contribution in [3.05, 3.63) is 28.6 Å². The molecule has 0 aliphatic carbocycles. The van der Waals surface area contributed by atoms with Gasteiger partial charge < -0.3 is 9.31 Å². The predicted molar refractivity (Wildman–Crippen MR) is 92.8 cm³/mol. The number of hydrogen-bond acceptors (Lipinski definition) is 4. The zero-order valence-electron chi connectivity index (χ0n) is 13.4. The number of thiophene rings is 2. The number of hydrogen-bond donors (Lipinski definition) is 0. The van der Waals surface area contributed by atoms with Gasteiger partial charge in [-0.15, -0.1) is 22.7 Å². The number of rotatable bonds is 2. The van der Waals surface area contributed by atoms with Crippen LogP contribution in [-0.2, 0) is 9.31 Å². The fourth-order valence-corrected chi connectivity index (χ4v) is 4.59. The minimum Gasteiger partial charge on any atom is -0.399 e. The van der Waals surface area contributed by atoms with Crippen LogP contribution < -0.4 is 4.78 Å². The summed E-state index contributed by atoms with van der Waals surface area (Å²) in [5, 5.41) is 2.20. The van der Waals surface area contributed by atoms with E-state index in [1.54, 1.807) is 22.7 Å². The van der Waals surface area contributed by atoms with E-state index in [0.717, 1.165) is 4.78 Å². The molecule has 0 atom stereocenters. The maximum atomic E-state index is 6.15. The molecule has 0 aromatic carbocycles. The molecule has 0 unspecified atom stereocenters. The van der Waals surface area contributed by atoms with E-state index in [9.17, 15) is 0 Å². The Labute approximate surface area is 135 Å². The van der Waals surface area contributed by atoms with Gasteiger partial charge in [0.05, 0.1) is 11.2 Å². The SMILES string of the molecule is Cc1csc(-c2sc(B3OC(C)(C)C(C)(C)O3)cc2C)c1. The van der Waals surface area contributed by atoms with Crippen molar-refractivity contribution in [2.24, 2.45) is 0 Å². The van der Waals surface area contributed by atoms with Crippen molar-refractivity contribution in [3.8, 4) is 9.75 Å². The zero-order chi connectivity index (χ0) is 15.4. The van der Waals surface area contributed by atoms with Crippen molar-refractivity contribution in [1.82, 2.24) is 0 Å². The molecule has 21 heavy (non-hydrogen) atoms. The van der Waals surface area contributed by atoms with E-state index >= 15 is 0 Å². The summed E-state index contributed by atoms with van der Waals surface area (Å²) < 4.78 is 13.5.